The van der Waals surface area contributed by atoms with Crippen LogP contribution in [0.3, 0.4) is 0 Å². The van der Waals surface area contributed by atoms with Crippen LogP contribution >= 0.6 is 0 Å². The Hall–Kier alpha value is -2.17. The van der Waals surface area contributed by atoms with Gasteiger partial charge in [-0.2, -0.15) is 0 Å². The van der Waals surface area contributed by atoms with Crippen LogP contribution in [0.4, 0.5) is 0 Å². The van der Waals surface area contributed by atoms with Crippen molar-refractivity contribution < 1.29 is 9.53 Å². The third-order valence-corrected chi connectivity index (χ3v) is 4.19. The molecule has 0 aliphatic carbocycles. The van der Waals surface area contributed by atoms with Crippen molar-refractivity contribution in [3.8, 4) is 11.1 Å². The lowest BCUT2D eigenvalue weighted by Crippen LogP contribution is -2.35. The van der Waals surface area contributed by atoms with Gasteiger partial charge in [-0.15, -0.1) is 0 Å². The first-order valence-corrected chi connectivity index (χ1v) is 8.04. The van der Waals surface area contributed by atoms with E-state index in [1.807, 2.05) is 30.3 Å². The van der Waals surface area contributed by atoms with Crippen molar-refractivity contribution in [2.45, 2.75) is 31.6 Å². The van der Waals surface area contributed by atoms with Crippen LogP contribution in [-0.2, 0) is 16.1 Å². The number of nitrogens with one attached hydrogen (secondary N) is 1. The quantitative estimate of drug-likeness (QED) is 0.892. The third-order valence-electron chi connectivity index (χ3n) is 4.19. The van der Waals surface area contributed by atoms with Crippen LogP contribution in [0, 0.1) is 0 Å². The van der Waals surface area contributed by atoms with E-state index in [9.17, 15) is 4.79 Å². The molecule has 120 valence electrons. The predicted octanol–water partition coefficient (Wildman–Crippen LogP) is 2.48. The molecule has 1 saturated heterocycles. The molecule has 0 spiro atoms. The molecule has 23 heavy (non-hydrogen) atoms. The Kier molecular flexibility index (Phi) is 5.05. The molecule has 2 aromatic carbocycles. The van der Waals surface area contributed by atoms with Crippen LogP contribution in [0.25, 0.3) is 11.1 Å². The fourth-order valence-electron chi connectivity index (χ4n) is 2.82. The first-order chi connectivity index (χ1) is 11.3. The van der Waals surface area contributed by atoms with Gasteiger partial charge >= 0.3 is 0 Å². The highest BCUT2D eigenvalue weighted by Gasteiger charge is 2.29. The standard InChI is InChI=1S/C19H22N2O2/c20-12-17-10-11-18(23-17)19(22)21-13-14-6-8-16(9-7-14)15-4-2-1-3-5-15/h1-9,17-18H,10-13,20H2,(H,21,22)/t17-,18+/m1/s1. The number of nitrogens with two attached hydrogens (primary N) is 1. The van der Waals surface area contributed by atoms with Crippen molar-refractivity contribution in [1.82, 2.24) is 5.32 Å². The molecule has 3 N–H and O–H groups in total. The summed E-state index contributed by atoms with van der Waals surface area (Å²) in [7, 11) is 0. The van der Waals surface area contributed by atoms with Gasteiger partial charge in [0.25, 0.3) is 0 Å². The summed E-state index contributed by atoms with van der Waals surface area (Å²) >= 11 is 0. The van der Waals surface area contributed by atoms with Crippen molar-refractivity contribution in [2.24, 2.45) is 5.73 Å². The van der Waals surface area contributed by atoms with Gasteiger partial charge in [-0.3, -0.25) is 4.79 Å². The molecule has 0 saturated carbocycles. The highest BCUT2D eigenvalue weighted by atomic mass is 16.5. The Labute approximate surface area is 136 Å². The molecule has 1 aliphatic heterocycles. The van der Waals surface area contributed by atoms with E-state index >= 15 is 0 Å². The molecule has 3 rings (SSSR count). The van der Waals surface area contributed by atoms with Crippen LogP contribution in [-0.4, -0.2) is 24.7 Å². The predicted molar refractivity (Wildman–Crippen MR) is 90.7 cm³/mol. The summed E-state index contributed by atoms with van der Waals surface area (Å²) in [5, 5.41) is 2.94. The number of rotatable bonds is 5. The summed E-state index contributed by atoms with van der Waals surface area (Å²) in [6, 6.07) is 18.5. The number of amides is 1. The van der Waals surface area contributed by atoms with Gasteiger partial charge in [-0.25, -0.2) is 0 Å². The van der Waals surface area contributed by atoms with Crippen molar-refractivity contribution in [3.63, 3.8) is 0 Å². The molecule has 2 aromatic rings. The lowest BCUT2D eigenvalue weighted by molar-refractivity contribution is -0.132. The summed E-state index contributed by atoms with van der Waals surface area (Å²) < 4.78 is 5.60. The minimum absolute atomic E-state index is 0.0240. The van der Waals surface area contributed by atoms with E-state index in [0.29, 0.717) is 13.1 Å². The largest absolute Gasteiger partial charge is 0.364 e. The fourth-order valence-corrected chi connectivity index (χ4v) is 2.82. The zero-order chi connectivity index (χ0) is 16.1. The number of carbonyl (C=O) groups is 1. The molecule has 0 bridgehead atoms. The first kappa shape index (κ1) is 15.7. The lowest BCUT2D eigenvalue weighted by atomic mass is 10.0. The number of benzene rings is 2. The molecule has 0 aromatic heterocycles. The second kappa shape index (κ2) is 7.40. The summed E-state index contributed by atoms with van der Waals surface area (Å²) in [6.07, 6.45) is 1.28. The molecule has 2 atom stereocenters. The van der Waals surface area contributed by atoms with Crippen molar-refractivity contribution in [2.75, 3.05) is 6.54 Å². The highest BCUT2D eigenvalue weighted by molar-refractivity contribution is 5.81. The second-order valence-corrected chi connectivity index (χ2v) is 5.84. The van der Waals surface area contributed by atoms with Gasteiger partial charge in [-0.05, 0) is 29.5 Å². The number of ether oxygens (including phenoxy) is 1. The number of hydrogen-bond acceptors (Lipinski definition) is 3. The van der Waals surface area contributed by atoms with E-state index in [-0.39, 0.29) is 18.1 Å². The molecule has 4 heteroatoms. The maximum Gasteiger partial charge on any atom is 0.249 e. The van der Waals surface area contributed by atoms with Gasteiger partial charge in [0.05, 0.1) is 6.10 Å². The topological polar surface area (TPSA) is 64.4 Å². The molecule has 1 fully saturated rings. The van der Waals surface area contributed by atoms with E-state index in [1.54, 1.807) is 0 Å². The summed E-state index contributed by atoms with van der Waals surface area (Å²) in [5.41, 5.74) is 9.00. The monoisotopic (exact) mass is 310 g/mol. The molecule has 1 aliphatic rings. The molecular formula is C19H22N2O2. The Morgan fingerprint density at radius 1 is 1.04 bits per heavy atom. The van der Waals surface area contributed by atoms with Gasteiger partial charge in [-0.1, -0.05) is 54.6 Å². The average molecular weight is 310 g/mol. The van der Waals surface area contributed by atoms with Crippen LogP contribution < -0.4 is 11.1 Å². The minimum atomic E-state index is -0.354. The maximum absolute atomic E-state index is 12.1. The van der Waals surface area contributed by atoms with E-state index < -0.39 is 0 Å². The second-order valence-electron chi connectivity index (χ2n) is 5.84. The average Bonchev–Trinajstić information content (AvgIpc) is 3.10. The molecule has 1 amide bonds. The van der Waals surface area contributed by atoms with Crippen molar-refractivity contribution >= 4 is 5.91 Å². The molecular weight excluding hydrogens is 288 g/mol. The van der Waals surface area contributed by atoms with E-state index in [2.05, 4.69) is 29.6 Å². The van der Waals surface area contributed by atoms with Gasteiger partial charge < -0.3 is 15.8 Å². The summed E-state index contributed by atoms with van der Waals surface area (Å²) in [6.45, 7) is 0.992. The van der Waals surface area contributed by atoms with E-state index in [1.165, 1.54) is 11.1 Å². The van der Waals surface area contributed by atoms with E-state index in [0.717, 1.165) is 18.4 Å². The number of carbonyl (C=O) groups excluding carboxylic acids is 1. The number of hydrogen-bond donors (Lipinski definition) is 2. The van der Waals surface area contributed by atoms with Gasteiger partial charge in [0.15, 0.2) is 0 Å². The minimum Gasteiger partial charge on any atom is -0.364 e. The normalized spacial score (nSPS) is 20.4. The zero-order valence-electron chi connectivity index (χ0n) is 13.1. The van der Waals surface area contributed by atoms with Gasteiger partial charge in [0.2, 0.25) is 5.91 Å². The first-order valence-electron chi connectivity index (χ1n) is 8.04. The highest BCUT2D eigenvalue weighted by Crippen LogP contribution is 2.20. The van der Waals surface area contributed by atoms with Gasteiger partial charge in [0, 0.05) is 13.1 Å². The maximum atomic E-state index is 12.1. The Morgan fingerprint density at radius 3 is 2.39 bits per heavy atom. The molecule has 0 radical (unpaired) electrons. The van der Waals surface area contributed by atoms with Crippen molar-refractivity contribution in [1.29, 1.82) is 0 Å². The Bertz CT molecular complexity index is 640. The zero-order valence-corrected chi connectivity index (χ0v) is 13.1. The summed E-state index contributed by atoms with van der Waals surface area (Å²) in [4.78, 5) is 12.1. The molecule has 1 heterocycles. The van der Waals surface area contributed by atoms with Crippen LogP contribution in [0.1, 0.15) is 18.4 Å². The fraction of sp³-hybridized carbons (Fsp3) is 0.316. The Balaban J connectivity index is 1.54. The molecule has 4 nitrogen and oxygen atoms in total. The summed E-state index contributed by atoms with van der Waals surface area (Å²) in [5.74, 6) is -0.0481. The third kappa shape index (κ3) is 3.97. The SMILES string of the molecule is NC[C@H]1CC[C@@H](C(=O)NCc2ccc(-c3ccccc3)cc2)O1. The van der Waals surface area contributed by atoms with Crippen LogP contribution in [0.2, 0.25) is 0 Å². The van der Waals surface area contributed by atoms with Crippen LogP contribution in [0.15, 0.2) is 54.6 Å². The van der Waals surface area contributed by atoms with Crippen molar-refractivity contribution in [3.05, 3.63) is 60.2 Å². The molecule has 0 unspecified atom stereocenters. The lowest BCUT2D eigenvalue weighted by Gasteiger charge is -2.13. The van der Waals surface area contributed by atoms with Gasteiger partial charge in [0.1, 0.15) is 6.10 Å². The van der Waals surface area contributed by atoms with E-state index in [4.69, 9.17) is 10.5 Å². The smallest absolute Gasteiger partial charge is 0.249 e. The van der Waals surface area contributed by atoms with Crippen LogP contribution in [0.5, 0.6) is 0 Å². The Morgan fingerprint density at radius 2 is 1.74 bits per heavy atom.